The summed E-state index contributed by atoms with van der Waals surface area (Å²) in [6.45, 7) is 7.07. The van der Waals surface area contributed by atoms with E-state index in [0.29, 0.717) is 29.9 Å². The first-order valence-electron chi connectivity index (χ1n) is 15.3. The molecule has 0 bridgehead atoms. The van der Waals surface area contributed by atoms with E-state index >= 15 is 0 Å². The fourth-order valence-electron chi connectivity index (χ4n) is 5.70. The molecule has 8 nitrogen and oxygen atoms in total. The number of carbonyl (C=O) groups excluding carboxylic acids is 3. The maximum absolute atomic E-state index is 13.5. The van der Waals surface area contributed by atoms with Crippen molar-refractivity contribution in [3.8, 4) is 0 Å². The number of nitrogens with zero attached hydrogens (tertiary/aromatic N) is 2. The zero-order chi connectivity index (χ0) is 29.0. The molecule has 0 spiro atoms. The van der Waals surface area contributed by atoms with Crippen molar-refractivity contribution in [3.05, 3.63) is 35.9 Å². The molecule has 1 aliphatic carbocycles. The summed E-state index contributed by atoms with van der Waals surface area (Å²) in [4.78, 5) is 43.5. The molecule has 1 unspecified atom stereocenters. The number of piperidine rings is 1. The number of hydrogen-bond donors (Lipinski definition) is 2. The van der Waals surface area contributed by atoms with E-state index in [0.717, 1.165) is 38.2 Å². The maximum atomic E-state index is 13.5. The van der Waals surface area contributed by atoms with Crippen molar-refractivity contribution in [1.29, 1.82) is 0 Å². The summed E-state index contributed by atoms with van der Waals surface area (Å²) in [6.07, 6.45) is 7.73. The lowest BCUT2D eigenvalue weighted by Crippen LogP contribution is -2.56. The van der Waals surface area contributed by atoms with Gasteiger partial charge in [0.15, 0.2) is 0 Å². The highest BCUT2D eigenvalue weighted by molar-refractivity contribution is 7.99. The Morgan fingerprint density at radius 3 is 2.49 bits per heavy atom. The minimum absolute atomic E-state index is 0.0989. The molecular weight excluding hydrogens is 556 g/mol. The van der Waals surface area contributed by atoms with Crippen molar-refractivity contribution < 1.29 is 19.1 Å². The second kappa shape index (κ2) is 16.7. The standard InChI is InChI=1S/C31H48N4O4S2/c1-23(2)18-39-31(38)35-22-41-21-28(35)30(37)33-27(20-40-19-25-11-7-4-8-12-25)29(36)32-26-13-15-34(16-14-26)17-24-9-5-3-6-10-24/h3,5-6,9-10,23,25-28H,4,7-8,11-22H2,1-2H3,(H,32,36)(H,33,37)/t27?,28-/m0/s1. The molecule has 2 N–H and O–H groups in total. The van der Waals surface area contributed by atoms with Gasteiger partial charge in [-0.2, -0.15) is 11.8 Å². The molecule has 228 valence electrons. The van der Waals surface area contributed by atoms with E-state index in [9.17, 15) is 14.4 Å². The van der Waals surface area contributed by atoms with Gasteiger partial charge >= 0.3 is 6.09 Å². The number of nitrogens with one attached hydrogen (secondary N) is 2. The van der Waals surface area contributed by atoms with E-state index in [4.69, 9.17) is 4.74 Å². The van der Waals surface area contributed by atoms with Crippen molar-refractivity contribution in [2.75, 3.05) is 42.8 Å². The third-order valence-corrected chi connectivity index (χ3v) is 10.4. The molecule has 2 aliphatic heterocycles. The second-order valence-electron chi connectivity index (χ2n) is 12.1. The largest absolute Gasteiger partial charge is 0.449 e. The first-order chi connectivity index (χ1) is 19.9. The average molecular weight is 605 g/mol. The highest BCUT2D eigenvalue weighted by atomic mass is 32.2. The Bertz CT molecular complexity index is 968. The minimum Gasteiger partial charge on any atom is -0.449 e. The lowest BCUT2D eigenvalue weighted by molar-refractivity contribution is -0.130. The van der Waals surface area contributed by atoms with Gasteiger partial charge in [-0.1, -0.05) is 63.4 Å². The normalized spacial score (nSPS) is 21.5. The van der Waals surface area contributed by atoms with Gasteiger partial charge in [0.2, 0.25) is 11.8 Å². The summed E-state index contributed by atoms with van der Waals surface area (Å²) in [6, 6.07) is 9.33. The van der Waals surface area contributed by atoms with Gasteiger partial charge in [0.1, 0.15) is 12.1 Å². The first kappa shape index (κ1) is 32.0. The van der Waals surface area contributed by atoms with Crippen LogP contribution in [0.4, 0.5) is 4.79 Å². The molecule has 3 fully saturated rings. The van der Waals surface area contributed by atoms with Crippen molar-refractivity contribution in [2.24, 2.45) is 11.8 Å². The Morgan fingerprint density at radius 1 is 1.05 bits per heavy atom. The third-order valence-electron chi connectivity index (χ3n) is 8.14. The Labute approximate surface area is 254 Å². The van der Waals surface area contributed by atoms with Gasteiger partial charge in [-0.3, -0.25) is 19.4 Å². The van der Waals surface area contributed by atoms with E-state index in [2.05, 4.69) is 39.8 Å². The number of amides is 3. The van der Waals surface area contributed by atoms with E-state index in [1.54, 1.807) is 11.8 Å². The number of likely N-dealkylation sites (tertiary alicyclic amines) is 1. The first-order valence-corrected chi connectivity index (χ1v) is 17.7. The predicted molar refractivity (Wildman–Crippen MR) is 168 cm³/mol. The van der Waals surface area contributed by atoms with Crippen LogP contribution in [0.25, 0.3) is 0 Å². The fourth-order valence-corrected chi connectivity index (χ4v) is 8.11. The number of benzene rings is 1. The Morgan fingerprint density at radius 2 is 1.78 bits per heavy atom. The van der Waals surface area contributed by atoms with Crippen LogP contribution in [-0.4, -0.2) is 88.7 Å². The molecule has 1 aromatic rings. The van der Waals surface area contributed by atoms with Gasteiger partial charge in [-0.25, -0.2) is 4.79 Å². The van der Waals surface area contributed by atoms with E-state index < -0.39 is 18.2 Å². The van der Waals surface area contributed by atoms with Crippen molar-refractivity contribution in [3.63, 3.8) is 0 Å². The molecule has 1 saturated carbocycles. The maximum Gasteiger partial charge on any atom is 0.411 e. The Hall–Kier alpha value is -1.91. The lowest BCUT2D eigenvalue weighted by Gasteiger charge is -2.33. The molecule has 3 aliphatic rings. The fraction of sp³-hybridized carbons (Fsp3) is 0.710. The van der Waals surface area contributed by atoms with Crippen LogP contribution < -0.4 is 10.6 Å². The van der Waals surface area contributed by atoms with Crippen LogP contribution in [0.15, 0.2) is 30.3 Å². The zero-order valence-electron chi connectivity index (χ0n) is 24.7. The van der Waals surface area contributed by atoms with Gasteiger partial charge < -0.3 is 15.4 Å². The molecule has 0 aromatic heterocycles. The summed E-state index contributed by atoms with van der Waals surface area (Å²) >= 11 is 3.30. The predicted octanol–water partition coefficient (Wildman–Crippen LogP) is 4.73. The third kappa shape index (κ3) is 10.4. The quantitative estimate of drug-likeness (QED) is 0.356. The van der Waals surface area contributed by atoms with E-state index in [1.165, 1.54) is 54.3 Å². The molecular formula is C31H48N4O4S2. The minimum atomic E-state index is -0.627. The molecule has 2 saturated heterocycles. The van der Waals surface area contributed by atoms with Crippen LogP contribution in [0, 0.1) is 11.8 Å². The van der Waals surface area contributed by atoms with Crippen LogP contribution >= 0.6 is 23.5 Å². The number of rotatable bonds is 12. The highest BCUT2D eigenvalue weighted by Crippen LogP contribution is 2.27. The van der Waals surface area contributed by atoms with Gasteiger partial charge in [-0.15, -0.1) is 11.8 Å². The van der Waals surface area contributed by atoms with Crippen LogP contribution in [0.3, 0.4) is 0 Å². The van der Waals surface area contributed by atoms with E-state index in [-0.39, 0.29) is 23.8 Å². The number of ether oxygens (including phenoxy) is 1. The van der Waals surface area contributed by atoms with Gasteiger partial charge in [0.25, 0.3) is 0 Å². The van der Waals surface area contributed by atoms with Crippen molar-refractivity contribution in [2.45, 2.75) is 83.5 Å². The average Bonchev–Trinajstić information content (AvgIpc) is 3.48. The molecule has 10 heteroatoms. The SMILES string of the molecule is CC(C)COC(=O)N1CSC[C@H]1C(=O)NC(CSCC1CCCCC1)C(=O)NC1CCN(Cc2ccccc2)CC1. The zero-order valence-corrected chi connectivity index (χ0v) is 26.4. The summed E-state index contributed by atoms with van der Waals surface area (Å²) in [7, 11) is 0. The monoisotopic (exact) mass is 604 g/mol. The van der Waals surface area contributed by atoms with E-state index in [1.807, 2.05) is 19.9 Å². The molecule has 2 heterocycles. The molecule has 3 amide bonds. The lowest BCUT2D eigenvalue weighted by atomic mass is 9.91. The van der Waals surface area contributed by atoms with Crippen molar-refractivity contribution >= 4 is 41.4 Å². The summed E-state index contributed by atoms with van der Waals surface area (Å²) in [5.74, 6) is 3.02. The van der Waals surface area contributed by atoms with Gasteiger partial charge in [-0.05, 0) is 48.8 Å². The van der Waals surface area contributed by atoms with Gasteiger partial charge in [0.05, 0.1) is 12.5 Å². The van der Waals surface area contributed by atoms with Crippen LogP contribution in [0.1, 0.15) is 64.4 Å². The molecule has 0 radical (unpaired) electrons. The molecule has 2 atom stereocenters. The summed E-state index contributed by atoms with van der Waals surface area (Å²) < 4.78 is 5.41. The smallest absolute Gasteiger partial charge is 0.411 e. The topological polar surface area (TPSA) is 91.0 Å². The highest BCUT2D eigenvalue weighted by Gasteiger charge is 2.37. The number of carbonyl (C=O) groups is 3. The molecule has 4 rings (SSSR count). The van der Waals surface area contributed by atoms with Crippen LogP contribution in [0.5, 0.6) is 0 Å². The molecule has 41 heavy (non-hydrogen) atoms. The van der Waals surface area contributed by atoms with Crippen LogP contribution in [-0.2, 0) is 20.9 Å². The van der Waals surface area contributed by atoms with Crippen LogP contribution in [0.2, 0.25) is 0 Å². The second-order valence-corrected chi connectivity index (χ2v) is 14.2. The number of thioether (sulfide) groups is 2. The van der Waals surface area contributed by atoms with Crippen molar-refractivity contribution in [1.82, 2.24) is 20.4 Å². The number of hydrogen-bond acceptors (Lipinski definition) is 7. The summed E-state index contributed by atoms with van der Waals surface area (Å²) in [5.41, 5.74) is 1.31. The Balaban J connectivity index is 1.31. The Kier molecular flexibility index (Phi) is 13.0. The van der Waals surface area contributed by atoms with Gasteiger partial charge in [0, 0.05) is 37.2 Å². The molecule has 1 aromatic carbocycles. The summed E-state index contributed by atoms with van der Waals surface area (Å²) in [5, 5.41) is 6.28.